The number of nitrogens with zero attached hydrogens (tertiary/aromatic N) is 2. The molecule has 0 bridgehead atoms. The van der Waals surface area contributed by atoms with Gasteiger partial charge in [-0.05, 0) is 35.0 Å². The normalized spacial score (nSPS) is 10.3. The molecule has 2 rings (SSSR count). The van der Waals surface area contributed by atoms with Crippen LogP contribution in [0.4, 0.5) is 0 Å². The molecule has 0 saturated carbocycles. The fourth-order valence-corrected chi connectivity index (χ4v) is 2.00. The van der Waals surface area contributed by atoms with Crippen LogP contribution in [0.15, 0.2) is 41.1 Å². The third kappa shape index (κ3) is 1.85. The van der Waals surface area contributed by atoms with Crippen molar-refractivity contribution in [3.05, 3.63) is 46.7 Å². The summed E-state index contributed by atoms with van der Waals surface area (Å²) in [4.78, 5) is 11.2. The summed E-state index contributed by atoms with van der Waals surface area (Å²) in [6.07, 6.45) is 1.57. The van der Waals surface area contributed by atoms with E-state index < -0.39 is 0 Å². The lowest BCUT2D eigenvalue weighted by Crippen LogP contribution is -1.97. The van der Waals surface area contributed by atoms with Crippen molar-refractivity contribution >= 4 is 21.7 Å². The SMILES string of the molecule is CC(=O)c1cnn(-c2ccccc2)c1Br. The largest absolute Gasteiger partial charge is 0.294 e. The van der Waals surface area contributed by atoms with Crippen LogP contribution in [-0.4, -0.2) is 15.6 Å². The maximum Gasteiger partial charge on any atom is 0.164 e. The molecule has 1 heterocycles. The molecule has 1 aromatic heterocycles. The molecule has 0 aliphatic carbocycles. The molecular weight excluding hydrogens is 256 g/mol. The van der Waals surface area contributed by atoms with Crippen LogP contribution in [0.3, 0.4) is 0 Å². The van der Waals surface area contributed by atoms with Crippen molar-refractivity contribution in [2.24, 2.45) is 0 Å². The fourth-order valence-electron chi connectivity index (χ4n) is 1.32. The van der Waals surface area contributed by atoms with E-state index in [-0.39, 0.29) is 5.78 Å². The molecule has 15 heavy (non-hydrogen) atoms. The van der Waals surface area contributed by atoms with E-state index >= 15 is 0 Å². The molecule has 1 aromatic carbocycles. The Morgan fingerprint density at radius 3 is 2.53 bits per heavy atom. The Labute approximate surface area is 95.9 Å². The second kappa shape index (κ2) is 3.98. The van der Waals surface area contributed by atoms with E-state index in [2.05, 4.69) is 21.0 Å². The molecule has 0 N–H and O–H groups in total. The van der Waals surface area contributed by atoms with Crippen molar-refractivity contribution in [1.29, 1.82) is 0 Å². The Morgan fingerprint density at radius 1 is 1.33 bits per heavy atom. The van der Waals surface area contributed by atoms with E-state index in [0.717, 1.165) is 5.69 Å². The van der Waals surface area contributed by atoms with Gasteiger partial charge in [0.1, 0.15) is 4.60 Å². The number of hydrogen-bond acceptors (Lipinski definition) is 2. The molecule has 0 unspecified atom stereocenters. The number of halogens is 1. The van der Waals surface area contributed by atoms with Crippen LogP contribution in [0.25, 0.3) is 5.69 Å². The van der Waals surface area contributed by atoms with Crippen molar-refractivity contribution in [3.8, 4) is 5.69 Å². The molecule has 0 spiro atoms. The van der Waals surface area contributed by atoms with Crippen LogP contribution in [0, 0.1) is 0 Å². The van der Waals surface area contributed by atoms with Crippen molar-refractivity contribution < 1.29 is 4.79 Å². The van der Waals surface area contributed by atoms with Gasteiger partial charge in [-0.1, -0.05) is 18.2 Å². The van der Waals surface area contributed by atoms with Gasteiger partial charge < -0.3 is 0 Å². The van der Waals surface area contributed by atoms with Gasteiger partial charge in [0.2, 0.25) is 0 Å². The number of rotatable bonds is 2. The highest BCUT2D eigenvalue weighted by atomic mass is 79.9. The summed E-state index contributed by atoms with van der Waals surface area (Å²) in [6, 6.07) is 9.66. The number of Topliss-reactive ketones (excluding diaryl/α,β-unsaturated/α-hetero) is 1. The molecule has 76 valence electrons. The van der Waals surface area contributed by atoms with Crippen molar-refractivity contribution in [2.75, 3.05) is 0 Å². The molecule has 0 atom stereocenters. The topological polar surface area (TPSA) is 34.9 Å². The molecular formula is C11H9BrN2O. The number of carbonyl (C=O) groups excluding carboxylic acids is 1. The highest BCUT2D eigenvalue weighted by molar-refractivity contribution is 9.10. The van der Waals surface area contributed by atoms with E-state index in [1.54, 1.807) is 10.9 Å². The highest BCUT2D eigenvalue weighted by Crippen LogP contribution is 2.20. The quantitative estimate of drug-likeness (QED) is 0.782. The summed E-state index contributed by atoms with van der Waals surface area (Å²) in [5.41, 5.74) is 1.52. The van der Waals surface area contributed by atoms with Gasteiger partial charge >= 0.3 is 0 Å². The number of hydrogen-bond donors (Lipinski definition) is 0. The zero-order valence-electron chi connectivity index (χ0n) is 8.14. The Bertz CT molecular complexity index is 491. The zero-order chi connectivity index (χ0) is 10.8. The minimum absolute atomic E-state index is 0.00376. The Balaban J connectivity index is 2.52. The van der Waals surface area contributed by atoms with Crippen LogP contribution < -0.4 is 0 Å². The van der Waals surface area contributed by atoms with E-state index in [1.165, 1.54) is 6.92 Å². The van der Waals surface area contributed by atoms with Crippen molar-refractivity contribution in [1.82, 2.24) is 9.78 Å². The van der Waals surface area contributed by atoms with E-state index in [9.17, 15) is 4.79 Å². The van der Waals surface area contributed by atoms with Gasteiger partial charge in [0.25, 0.3) is 0 Å². The second-order valence-corrected chi connectivity index (χ2v) is 3.90. The number of aromatic nitrogens is 2. The summed E-state index contributed by atoms with van der Waals surface area (Å²) >= 11 is 3.37. The van der Waals surface area contributed by atoms with Gasteiger partial charge in [-0.3, -0.25) is 4.79 Å². The van der Waals surface area contributed by atoms with Gasteiger partial charge in [0.05, 0.1) is 17.4 Å². The first-order valence-corrected chi connectivity index (χ1v) is 5.29. The number of para-hydroxylation sites is 1. The number of carbonyl (C=O) groups is 1. The van der Waals surface area contributed by atoms with E-state index in [0.29, 0.717) is 10.2 Å². The molecule has 0 aliphatic heterocycles. The monoisotopic (exact) mass is 264 g/mol. The highest BCUT2D eigenvalue weighted by Gasteiger charge is 2.12. The summed E-state index contributed by atoms with van der Waals surface area (Å²) in [7, 11) is 0. The molecule has 0 amide bonds. The predicted octanol–water partition coefficient (Wildman–Crippen LogP) is 2.84. The lowest BCUT2D eigenvalue weighted by atomic mass is 10.2. The zero-order valence-corrected chi connectivity index (χ0v) is 9.73. The van der Waals surface area contributed by atoms with Crippen LogP contribution in [0.1, 0.15) is 17.3 Å². The average Bonchev–Trinajstić information content (AvgIpc) is 2.61. The molecule has 0 radical (unpaired) electrons. The van der Waals surface area contributed by atoms with E-state index in [1.807, 2.05) is 30.3 Å². The molecule has 4 heteroatoms. The number of benzene rings is 1. The summed E-state index contributed by atoms with van der Waals surface area (Å²) in [5.74, 6) is 0.00376. The van der Waals surface area contributed by atoms with Crippen LogP contribution >= 0.6 is 15.9 Å². The molecule has 0 aliphatic rings. The van der Waals surface area contributed by atoms with Gasteiger partial charge in [-0.2, -0.15) is 5.10 Å². The maximum atomic E-state index is 11.2. The van der Waals surface area contributed by atoms with Crippen LogP contribution in [-0.2, 0) is 0 Å². The molecule has 3 nitrogen and oxygen atoms in total. The smallest absolute Gasteiger partial charge is 0.164 e. The molecule has 2 aromatic rings. The standard InChI is InChI=1S/C11H9BrN2O/c1-8(15)10-7-13-14(11(10)12)9-5-3-2-4-6-9/h2-7H,1H3. The van der Waals surface area contributed by atoms with Crippen molar-refractivity contribution in [3.63, 3.8) is 0 Å². The summed E-state index contributed by atoms with van der Waals surface area (Å²) in [6.45, 7) is 1.52. The average molecular weight is 265 g/mol. The Hall–Kier alpha value is -1.42. The first-order chi connectivity index (χ1) is 7.20. The second-order valence-electron chi connectivity index (χ2n) is 3.15. The Kier molecular flexibility index (Phi) is 2.68. The first-order valence-electron chi connectivity index (χ1n) is 4.50. The minimum Gasteiger partial charge on any atom is -0.294 e. The molecule has 0 saturated heterocycles. The van der Waals surface area contributed by atoms with Gasteiger partial charge in [-0.25, -0.2) is 4.68 Å². The lowest BCUT2D eigenvalue weighted by Gasteiger charge is -2.02. The number of ketones is 1. The minimum atomic E-state index is 0.00376. The third-order valence-corrected chi connectivity index (χ3v) is 2.85. The van der Waals surface area contributed by atoms with E-state index in [4.69, 9.17) is 0 Å². The maximum absolute atomic E-state index is 11.2. The predicted molar refractivity (Wildman–Crippen MR) is 61.3 cm³/mol. The van der Waals surface area contributed by atoms with Gasteiger partial charge in [0, 0.05) is 0 Å². The van der Waals surface area contributed by atoms with Crippen molar-refractivity contribution in [2.45, 2.75) is 6.92 Å². The third-order valence-electron chi connectivity index (χ3n) is 2.09. The Morgan fingerprint density at radius 2 is 2.00 bits per heavy atom. The molecule has 0 fully saturated rings. The fraction of sp³-hybridized carbons (Fsp3) is 0.0909. The van der Waals surface area contributed by atoms with Crippen LogP contribution in [0.5, 0.6) is 0 Å². The van der Waals surface area contributed by atoms with Crippen LogP contribution in [0.2, 0.25) is 0 Å². The summed E-state index contributed by atoms with van der Waals surface area (Å²) in [5, 5.41) is 4.16. The summed E-state index contributed by atoms with van der Waals surface area (Å²) < 4.78 is 2.39. The first kappa shape index (κ1) is 10.1. The lowest BCUT2D eigenvalue weighted by molar-refractivity contribution is 0.101. The van der Waals surface area contributed by atoms with Gasteiger partial charge in [0.15, 0.2) is 5.78 Å². The van der Waals surface area contributed by atoms with Gasteiger partial charge in [-0.15, -0.1) is 0 Å².